The smallest absolute Gasteiger partial charge is 0.256 e. The molecule has 12 rings (SSSR count). The van der Waals surface area contributed by atoms with Crippen molar-refractivity contribution in [3.05, 3.63) is 208 Å². The number of anilines is 2. The second-order valence-electron chi connectivity index (χ2n) is 22.3. The van der Waals surface area contributed by atoms with E-state index in [9.17, 15) is 14.7 Å². The van der Waals surface area contributed by atoms with Crippen LogP contribution in [0.15, 0.2) is 173 Å². The van der Waals surface area contributed by atoms with Gasteiger partial charge in [-0.3, -0.25) is 14.4 Å². The van der Waals surface area contributed by atoms with Gasteiger partial charge in [-0.15, -0.1) is 0 Å². The number of fused-ring (bicyclic) bond motifs is 4. The Labute approximate surface area is 469 Å². The summed E-state index contributed by atoms with van der Waals surface area (Å²) in [7, 11) is 0. The molecule has 0 atom stereocenters. The first-order valence-electron chi connectivity index (χ1n) is 27.9. The lowest BCUT2D eigenvalue weighted by Gasteiger charge is -2.25. The fraction of sp³-hybridized carbons (Fsp3) is 0.181. The maximum atomic E-state index is 15.5. The summed E-state index contributed by atoms with van der Waals surface area (Å²) in [6.45, 7) is 17.5. The fourth-order valence-electron chi connectivity index (χ4n) is 12.2. The van der Waals surface area contributed by atoms with Gasteiger partial charge in [0.2, 0.25) is 0 Å². The first-order valence-corrected chi connectivity index (χ1v) is 27.9. The van der Waals surface area contributed by atoms with Gasteiger partial charge in [-0.2, -0.15) is 0 Å². The highest BCUT2D eigenvalue weighted by Gasteiger charge is 2.30. The number of carbonyl (C=O) groups is 3. The topological polar surface area (TPSA) is 131 Å². The van der Waals surface area contributed by atoms with Gasteiger partial charge >= 0.3 is 0 Å². The van der Waals surface area contributed by atoms with Crippen LogP contribution in [0.2, 0.25) is 0 Å². The van der Waals surface area contributed by atoms with Crippen LogP contribution in [-0.2, 0) is 6.54 Å². The molecule has 0 spiro atoms. The standard InChI is InChI=1S/C72H62N2O7/c1-39(2)46-23-17-24-47(40(3)4)70(46)73-36-43-33-60(79-57-28-14-10-20-51(57)50-19-9-13-27-56(50)77)65-54-31-32-55(72(78)74-71-48(41(5)6)25-18-26-49(71)42(7)8)64-45(38-76)35-61-67(66(54)64)68-62(34-44(37-75)63(43)69(65)68)81-59-30-16-12-22-53(59)52-21-11-15-29-58(52)80-61/h9-35,37-42,73,77H,36H2,1-8H3,(H,74,78). The molecule has 0 aliphatic rings. The van der Waals surface area contributed by atoms with Crippen molar-refractivity contribution in [3.63, 3.8) is 0 Å². The minimum absolute atomic E-state index is 0.0843. The largest absolute Gasteiger partial charge is 0.507 e. The summed E-state index contributed by atoms with van der Waals surface area (Å²) in [5.74, 6) is 1.16. The lowest BCUT2D eigenvalue weighted by Crippen LogP contribution is -2.17. The number of para-hydroxylation sites is 6. The second-order valence-corrected chi connectivity index (χ2v) is 22.3. The van der Waals surface area contributed by atoms with Crippen LogP contribution in [-0.4, -0.2) is 23.6 Å². The number of aromatic hydroxyl groups is 1. The molecule has 0 fully saturated rings. The molecule has 0 unspecified atom stereocenters. The number of benzene rings is 11. The van der Waals surface area contributed by atoms with Crippen LogP contribution >= 0.6 is 0 Å². The molecular formula is C72H62N2O7. The van der Waals surface area contributed by atoms with Gasteiger partial charge in [0.15, 0.2) is 12.6 Å². The van der Waals surface area contributed by atoms with E-state index in [1.807, 2.05) is 115 Å². The van der Waals surface area contributed by atoms with Crippen molar-refractivity contribution in [1.82, 2.24) is 0 Å². The average molecular weight is 1070 g/mol. The van der Waals surface area contributed by atoms with Gasteiger partial charge in [-0.1, -0.05) is 171 Å². The highest BCUT2D eigenvalue weighted by Crippen LogP contribution is 2.52. The first kappa shape index (κ1) is 52.2. The van der Waals surface area contributed by atoms with Gasteiger partial charge in [0.1, 0.15) is 39.6 Å². The van der Waals surface area contributed by atoms with Crippen molar-refractivity contribution < 1.29 is 33.1 Å². The Kier molecular flexibility index (Phi) is 13.5. The van der Waals surface area contributed by atoms with Crippen LogP contribution in [0.1, 0.15) is 138 Å². The van der Waals surface area contributed by atoms with Crippen molar-refractivity contribution >= 4 is 106 Å². The summed E-state index contributed by atoms with van der Waals surface area (Å²) in [5.41, 5.74) is 10.7. The molecule has 1 amide bonds. The molecule has 402 valence electrons. The number of hydrogen-bond acceptors (Lipinski definition) is 8. The Balaban J connectivity index is 1.29. The Hall–Kier alpha value is -9.47. The SMILES string of the molecule is CC(C)c1cccc(C(C)C)c1NCc1cc(Oc2ccccc2-c2ccccc2O)c2c3ccc(C(=O)Nc4c(C(C)C)cccc4C(C)C)c4c(C=O)cc5oc6ccccc6c6ccccc6oc6cc(C=O)c1c2c6c5c43. The summed E-state index contributed by atoms with van der Waals surface area (Å²) < 4.78 is 21.9. The number of aldehydes is 2. The molecule has 0 saturated carbocycles. The minimum atomic E-state index is -0.389. The van der Waals surface area contributed by atoms with Gasteiger partial charge in [0, 0.05) is 88.8 Å². The molecule has 0 aliphatic carbocycles. The summed E-state index contributed by atoms with van der Waals surface area (Å²) in [6, 6.07) is 52.0. The van der Waals surface area contributed by atoms with E-state index >= 15 is 4.79 Å². The van der Waals surface area contributed by atoms with E-state index in [2.05, 4.69) is 84.2 Å². The summed E-state index contributed by atoms with van der Waals surface area (Å²) >= 11 is 0. The molecule has 81 heavy (non-hydrogen) atoms. The second kappa shape index (κ2) is 21.0. The molecule has 0 bridgehead atoms. The third-order valence-corrected chi connectivity index (χ3v) is 16.0. The Bertz CT molecular complexity index is 4520. The number of ether oxygens (including phenoxy) is 1. The highest BCUT2D eigenvalue weighted by molar-refractivity contribution is 6.42. The van der Waals surface area contributed by atoms with Gasteiger partial charge < -0.3 is 29.3 Å². The monoisotopic (exact) mass is 1070 g/mol. The number of phenols is 1. The van der Waals surface area contributed by atoms with Crippen LogP contribution in [0.4, 0.5) is 11.4 Å². The molecule has 0 aliphatic heterocycles. The van der Waals surface area contributed by atoms with Crippen molar-refractivity contribution in [2.75, 3.05) is 10.6 Å². The third-order valence-electron chi connectivity index (χ3n) is 16.0. The van der Waals surface area contributed by atoms with E-state index < -0.39 is 0 Å². The molecule has 1 aromatic heterocycles. The van der Waals surface area contributed by atoms with Crippen molar-refractivity contribution in [2.45, 2.75) is 85.6 Å². The van der Waals surface area contributed by atoms with Gasteiger partial charge in [-0.05, 0) is 111 Å². The zero-order valence-electron chi connectivity index (χ0n) is 46.7. The Morgan fingerprint density at radius 3 is 1.54 bits per heavy atom. The highest BCUT2D eigenvalue weighted by atomic mass is 16.5. The van der Waals surface area contributed by atoms with E-state index in [1.54, 1.807) is 30.3 Å². The molecule has 9 nitrogen and oxygen atoms in total. The van der Waals surface area contributed by atoms with E-state index in [0.717, 1.165) is 62.5 Å². The lowest BCUT2D eigenvalue weighted by atomic mass is 9.83. The molecule has 3 N–H and O–H groups in total. The van der Waals surface area contributed by atoms with Crippen molar-refractivity contribution in [3.8, 4) is 28.4 Å². The quantitative estimate of drug-likeness (QED) is 0.0557. The van der Waals surface area contributed by atoms with Crippen molar-refractivity contribution in [1.29, 1.82) is 0 Å². The number of hydrogen-bond donors (Lipinski definition) is 3. The van der Waals surface area contributed by atoms with E-state index in [0.29, 0.717) is 93.6 Å². The van der Waals surface area contributed by atoms with Crippen LogP contribution in [0.5, 0.6) is 17.2 Å². The molecular weight excluding hydrogens is 1000 g/mol. The molecule has 0 radical (unpaired) electrons. The zero-order valence-corrected chi connectivity index (χ0v) is 46.7. The number of carbonyl (C=O) groups excluding carboxylic acids is 3. The molecule has 11 aromatic carbocycles. The summed E-state index contributed by atoms with van der Waals surface area (Å²) in [4.78, 5) is 43.6. The summed E-state index contributed by atoms with van der Waals surface area (Å²) in [6.07, 6.45) is 1.67. The predicted octanol–water partition coefficient (Wildman–Crippen LogP) is 19.7. The molecule has 9 heteroatoms. The minimum Gasteiger partial charge on any atom is -0.507 e. The van der Waals surface area contributed by atoms with Crippen LogP contribution in [0.25, 0.3) is 87.3 Å². The maximum Gasteiger partial charge on any atom is 0.256 e. The van der Waals surface area contributed by atoms with Gasteiger partial charge in [0.25, 0.3) is 5.91 Å². The van der Waals surface area contributed by atoms with Gasteiger partial charge in [0.05, 0.1) is 0 Å². The normalized spacial score (nSPS) is 11.9. The maximum absolute atomic E-state index is 15.5. The van der Waals surface area contributed by atoms with E-state index in [1.165, 1.54) is 0 Å². The van der Waals surface area contributed by atoms with Gasteiger partial charge in [-0.25, -0.2) is 0 Å². The number of rotatable bonds is 14. The number of phenolic OH excluding ortho intramolecular Hbond substituents is 1. The summed E-state index contributed by atoms with van der Waals surface area (Å²) in [5, 5.41) is 24.8. The fourth-order valence-corrected chi connectivity index (χ4v) is 12.2. The average Bonchev–Trinajstić information content (AvgIpc) is 3.60. The van der Waals surface area contributed by atoms with Crippen LogP contribution in [0.3, 0.4) is 0 Å². The molecule has 1 heterocycles. The predicted molar refractivity (Wildman–Crippen MR) is 331 cm³/mol. The number of nitrogens with one attached hydrogen (secondary N) is 2. The zero-order chi connectivity index (χ0) is 56.4. The molecule has 0 saturated heterocycles. The molecule has 12 aromatic rings. The first-order chi connectivity index (χ1) is 39.3. The van der Waals surface area contributed by atoms with E-state index in [-0.39, 0.29) is 53.0 Å². The Morgan fingerprint density at radius 1 is 0.469 bits per heavy atom. The Morgan fingerprint density at radius 2 is 0.975 bits per heavy atom. The third kappa shape index (κ3) is 8.94. The lowest BCUT2D eigenvalue weighted by molar-refractivity contribution is 0.102. The van der Waals surface area contributed by atoms with Crippen LogP contribution in [0, 0.1) is 0 Å². The van der Waals surface area contributed by atoms with Crippen LogP contribution < -0.4 is 15.4 Å². The van der Waals surface area contributed by atoms with E-state index in [4.69, 9.17) is 13.6 Å². The van der Waals surface area contributed by atoms with Crippen molar-refractivity contribution in [2.24, 2.45) is 0 Å². The number of amides is 1.